The topological polar surface area (TPSA) is 87.7 Å². The molecule has 0 saturated carbocycles. The number of rotatable bonds is 10. The van der Waals surface area contributed by atoms with Crippen LogP contribution >= 0.6 is 11.8 Å². The molecule has 2 heterocycles. The third-order valence-corrected chi connectivity index (χ3v) is 6.61. The summed E-state index contributed by atoms with van der Waals surface area (Å²) in [4.78, 5) is 10.3. The molecule has 0 atom stereocenters. The Kier molecular flexibility index (Phi) is 7.46. The van der Waals surface area contributed by atoms with E-state index in [0.29, 0.717) is 25.4 Å². The fourth-order valence-corrected chi connectivity index (χ4v) is 4.69. The van der Waals surface area contributed by atoms with Gasteiger partial charge in [-0.1, -0.05) is 30.5 Å². The van der Waals surface area contributed by atoms with E-state index in [4.69, 9.17) is 4.74 Å². The van der Waals surface area contributed by atoms with Crippen molar-refractivity contribution >= 4 is 27.8 Å². The Balaban J connectivity index is 1.83. The zero-order valence-electron chi connectivity index (χ0n) is 17.1. The van der Waals surface area contributed by atoms with Gasteiger partial charge in [0, 0.05) is 30.5 Å². The van der Waals surface area contributed by atoms with Gasteiger partial charge in [0.15, 0.2) is 16.8 Å². The highest BCUT2D eigenvalue weighted by Gasteiger charge is 2.28. The smallest absolute Gasteiger partial charge is 0.302 e. The molecule has 2 aromatic rings. The first-order valence-corrected chi connectivity index (χ1v) is 11.8. The van der Waals surface area contributed by atoms with Gasteiger partial charge in [-0.3, -0.25) is 4.72 Å². The summed E-state index contributed by atoms with van der Waals surface area (Å²) < 4.78 is 61.6. The van der Waals surface area contributed by atoms with Crippen molar-refractivity contribution in [2.45, 2.75) is 17.3 Å². The SMILES string of the molecule is C=C(CN(C)C)Oc1cc(NS(=O)(=O)N2CCC2)nc(SCc2cccc(F)c2F)n1. The largest absolute Gasteiger partial charge is 0.442 e. The Morgan fingerprint density at radius 3 is 2.71 bits per heavy atom. The minimum atomic E-state index is -3.75. The van der Waals surface area contributed by atoms with Crippen LogP contribution < -0.4 is 9.46 Å². The predicted molar refractivity (Wildman–Crippen MR) is 115 cm³/mol. The second-order valence-electron chi connectivity index (χ2n) is 7.11. The lowest BCUT2D eigenvalue weighted by molar-refractivity contribution is 0.311. The lowest BCUT2D eigenvalue weighted by atomic mass is 10.2. The van der Waals surface area contributed by atoms with E-state index < -0.39 is 21.8 Å². The molecule has 0 aliphatic carbocycles. The third kappa shape index (κ3) is 6.35. The van der Waals surface area contributed by atoms with Crippen molar-refractivity contribution in [2.75, 3.05) is 38.5 Å². The van der Waals surface area contributed by atoms with Crippen molar-refractivity contribution in [3.8, 4) is 5.88 Å². The van der Waals surface area contributed by atoms with Gasteiger partial charge < -0.3 is 9.64 Å². The lowest BCUT2D eigenvalue weighted by Crippen LogP contribution is -2.45. The van der Waals surface area contributed by atoms with E-state index in [1.54, 1.807) is 0 Å². The van der Waals surface area contributed by atoms with Crippen LogP contribution in [0.2, 0.25) is 0 Å². The first-order valence-electron chi connectivity index (χ1n) is 9.37. The molecular weight excluding hydrogens is 448 g/mol. The van der Waals surface area contributed by atoms with Crippen LogP contribution in [0.25, 0.3) is 0 Å². The fourth-order valence-electron chi connectivity index (χ4n) is 2.63. The molecule has 1 aliphatic heterocycles. The number of hydrogen-bond donors (Lipinski definition) is 1. The average molecular weight is 472 g/mol. The molecule has 0 radical (unpaired) electrons. The van der Waals surface area contributed by atoms with Gasteiger partial charge in [-0.25, -0.2) is 13.8 Å². The number of ether oxygens (including phenoxy) is 1. The number of aromatic nitrogens is 2. The van der Waals surface area contributed by atoms with E-state index in [9.17, 15) is 17.2 Å². The molecule has 12 heteroatoms. The summed E-state index contributed by atoms with van der Waals surface area (Å²) in [7, 11) is -0.0626. The number of nitrogens with zero attached hydrogens (tertiary/aromatic N) is 4. The number of hydrogen-bond acceptors (Lipinski definition) is 7. The maximum absolute atomic E-state index is 13.9. The lowest BCUT2D eigenvalue weighted by Gasteiger charge is -2.29. The molecule has 1 fully saturated rings. The zero-order valence-corrected chi connectivity index (χ0v) is 18.8. The van der Waals surface area contributed by atoms with Crippen LogP contribution in [0.4, 0.5) is 14.6 Å². The van der Waals surface area contributed by atoms with E-state index in [2.05, 4.69) is 21.3 Å². The molecule has 1 saturated heterocycles. The van der Waals surface area contributed by atoms with Crippen LogP contribution in [0, 0.1) is 11.6 Å². The number of thioether (sulfide) groups is 1. The predicted octanol–water partition coefficient (Wildman–Crippen LogP) is 2.86. The zero-order chi connectivity index (χ0) is 22.6. The van der Waals surface area contributed by atoms with Gasteiger partial charge in [-0.15, -0.1) is 0 Å². The van der Waals surface area contributed by atoms with Gasteiger partial charge in [-0.2, -0.15) is 17.7 Å². The second-order valence-corrected chi connectivity index (χ2v) is 9.73. The molecule has 0 amide bonds. The van der Waals surface area contributed by atoms with Gasteiger partial charge >= 0.3 is 10.2 Å². The standard InChI is InChI=1S/C19H23F2N5O3S2/c1-13(11-25(2)3)29-17-10-16(24-31(27,28)26-8-5-9-26)22-19(23-17)30-12-14-6-4-7-15(20)18(14)21/h4,6-7,10H,1,5,8-9,11-12H2,2-3H3,(H,22,23,24). The van der Waals surface area contributed by atoms with Gasteiger partial charge in [0.05, 0.1) is 6.54 Å². The van der Waals surface area contributed by atoms with E-state index in [1.807, 2.05) is 19.0 Å². The molecule has 1 N–H and O–H groups in total. The van der Waals surface area contributed by atoms with E-state index >= 15 is 0 Å². The van der Waals surface area contributed by atoms with Crippen LogP contribution in [0.1, 0.15) is 12.0 Å². The minimum absolute atomic E-state index is 0.0109. The normalized spacial score (nSPS) is 14.4. The summed E-state index contributed by atoms with van der Waals surface area (Å²) in [5, 5.41) is 0.139. The van der Waals surface area contributed by atoms with Gasteiger partial charge in [0.2, 0.25) is 5.88 Å². The highest BCUT2D eigenvalue weighted by molar-refractivity contribution is 7.98. The summed E-state index contributed by atoms with van der Waals surface area (Å²) in [6.07, 6.45) is 0.795. The number of benzene rings is 1. The molecule has 8 nitrogen and oxygen atoms in total. The molecule has 3 rings (SSSR count). The number of halogens is 2. The molecule has 1 aromatic carbocycles. The van der Waals surface area contributed by atoms with Crippen molar-refractivity contribution in [1.29, 1.82) is 0 Å². The van der Waals surface area contributed by atoms with Crippen LogP contribution in [-0.4, -0.2) is 61.3 Å². The van der Waals surface area contributed by atoms with Crippen molar-refractivity contribution in [1.82, 2.24) is 19.2 Å². The molecule has 0 spiro atoms. The van der Waals surface area contributed by atoms with Gasteiger partial charge in [-0.05, 0) is 26.6 Å². The molecule has 168 valence electrons. The Bertz CT molecular complexity index is 1060. The molecule has 31 heavy (non-hydrogen) atoms. The fraction of sp³-hybridized carbons (Fsp3) is 0.368. The van der Waals surface area contributed by atoms with Gasteiger partial charge in [0.1, 0.15) is 11.6 Å². The Labute approximate surface area is 184 Å². The summed E-state index contributed by atoms with van der Waals surface area (Å²) in [5.41, 5.74) is 0.139. The Morgan fingerprint density at radius 2 is 2.06 bits per heavy atom. The number of likely N-dealkylation sites (N-methyl/N-ethyl adjacent to an activating group) is 1. The minimum Gasteiger partial charge on any atom is -0.442 e. The quantitative estimate of drug-likeness (QED) is 0.324. The first kappa shape index (κ1) is 23.4. The Morgan fingerprint density at radius 1 is 1.32 bits per heavy atom. The highest BCUT2D eigenvalue weighted by Crippen LogP contribution is 2.27. The second kappa shape index (κ2) is 9.90. The number of anilines is 1. The monoisotopic (exact) mass is 471 g/mol. The van der Waals surface area contributed by atoms with E-state index in [-0.39, 0.29) is 28.2 Å². The maximum Gasteiger partial charge on any atom is 0.302 e. The Hall–Kier alpha value is -2.28. The first-order chi connectivity index (χ1) is 14.6. The molecule has 0 unspecified atom stereocenters. The summed E-state index contributed by atoms with van der Waals surface area (Å²) in [6, 6.07) is 5.25. The summed E-state index contributed by atoms with van der Waals surface area (Å²) in [6.45, 7) is 5.12. The van der Waals surface area contributed by atoms with Crippen LogP contribution in [-0.2, 0) is 16.0 Å². The number of nitrogens with one attached hydrogen (secondary N) is 1. The van der Waals surface area contributed by atoms with Crippen molar-refractivity contribution in [2.24, 2.45) is 0 Å². The van der Waals surface area contributed by atoms with Crippen LogP contribution in [0.3, 0.4) is 0 Å². The van der Waals surface area contributed by atoms with Crippen molar-refractivity contribution in [3.63, 3.8) is 0 Å². The van der Waals surface area contributed by atoms with Crippen LogP contribution in [0.5, 0.6) is 5.88 Å². The van der Waals surface area contributed by atoms with Crippen LogP contribution in [0.15, 0.2) is 41.8 Å². The molecule has 1 aromatic heterocycles. The maximum atomic E-state index is 13.9. The molecule has 0 bridgehead atoms. The van der Waals surface area contributed by atoms with E-state index in [1.165, 1.54) is 22.5 Å². The van der Waals surface area contributed by atoms with Gasteiger partial charge in [0.25, 0.3) is 0 Å². The van der Waals surface area contributed by atoms with Crippen molar-refractivity contribution in [3.05, 3.63) is 53.8 Å². The average Bonchev–Trinajstić information content (AvgIpc) is 2.59. The summed E-state index contributed by atoms with van der Waals surface area (Å²) in [5.74, 6) is -1.35. The third-order valence-electron chi connectivity index (χ3n) is 4.20. The molecule has 1 aliphatic rings. The van der Waals surface area contributed by atoms with Crippen molar-refractivity contribution < 1.29 is 21.9 Å². The molecular formula is C19H23F2N5O3S2. The highest BCUT2D eigenvalue weighted by atomic mass is 32.2. The summed E-state index contributed by atoms with van der Waals surface area (Å²) >= 11 is 1.02. The van der Waals surface area contributed by atoms with E-state index in [0.717, 1.165) is 24.2 Å².